The number of hydrogen-bond donors (Lipinski definition) is 1. The molecule has 0 aliphatic carbocycles. The van der Waals surface area contributed by atoms with Gasteiger partial charge in [0, 0.05) is 19.2 Å². The molecule has 0 amide bonds. The van der Waals surface area contributed by atoms with Crippen molar-refractivity contribution in [3.05, 3.63) is 53.6 Å². The maximum atomic E-state index is 5.49. The van der Waals surface area contributed by atoms with Crippen molar-refractivity contribution in [3.63, 3.8) is 0 Å². The molecule has 84 valence electrons. The van der Waals surface area contributed by atoms with E-state index in [1.807, 2.05) is 6.33 Å². The third-order valence-corrected chi connectivity index (χ3v) is 2.57. The maximum Gasteiger partial charge on any atom is 0.0952 e. The van der Waals surface area contributed by atoms with Gasteiger partial charge in [0.2, 0.25) is 0 Å². The maximum absolute atomic E-state index is 5.49. The molecular weight excluding hydrogens is 198 g/mol. The van der Waals surface area contributed by atoms with Gasteiger partial charge in [0.05, 0.1) is 12.0 Å². The molecule has 1 heterocycles. The summed E-state index contributed by atoms with van der Waals surface area (Å²) in [6.45, 7) is 3.62. The van der Waals surface area contributed by atoms with Crippen molar-refractivity contribution >= 4 is 0 Å². The van der Waals surface area contributed by atoms with Crippen LogP contribution in [0.3, 0.4) is 0 Å². The number of benzene rings is 1. The van der Waals surface area contributed by atoms with Gasteiger partial charge in [-0.05, 0) is 19.0 Å². The summed E-state index contributed by atoms with van der Waals surface area (Å²) in [6.07, 6.45) is 4.78. The van der Waals surface area contributed by atoms with Gasteiger partial charge in [-0.25, -0.2) is 4.98 Å². The van der Waals surface area contributed by atoms with Gasteiger partial charge < -0.3 is 10.3 Å². The van der Waals surface area contributed by atoms with Crippen LogP contribution in [-0.2, 0) is 13.0 Å². The largest absolute Gasteiger partial charge is 0.333 e. The first kappa shape index (κ1) is 10.9. The van der Waals surface area contributed by atoms with Crippen molar-refractivity contribution in [2.45, 2.75) is 19.9 Å². The van der Waals surface area contributed by atoms with Crippen LogP contribution in [0.1, 0.15) is 16.8 Å². The zero-order chi connectivity index (χ0) is 11.4. The second kappa shape index (κ2) is 4.94. The number of aromatic nitrogens is 2. The first-order valence-electron chi connectivity index (χ1n) is 5.54. The highest BCUT2D eigenvalue weighted by Crippen LogP contribution is 2.06. The fraction of sp³-hybridized carbons (Fsp3) is 0.308. The Morgan fingerprint density at radius 1 is 1.25 bits per heavy atom. The Hall–Kier alpha value is -1.61. The van der Waals surface area contributed by atoms with Crippen molar-refractivity contribution in [2.75, 3.05) is 6.54 Å². The molecule has 0 unspecified atom stereocenters. The molecule has 0 aliphatic rings. The minimum atomic E-state index is 0.654. The third kappa shape index (κ3) is 2.70. The second-order valence-electron chi connectivity index (χ2n) is 4.06. The standard InChI is InChI=1S/C13H17N3/c1-11-2-4-12(5-3-11)8-16-9-13(6-7-14)15-10-16/h2-5,9-10H,6-8,14H2,1H3. The average Bonchev–Trinajstić information content (AvgIpc) is 2.70. The molecule has 0 atom stereocenters. The van der Waals surface area contributed by atoms with Gasteiger partial charge in [0.1, 0.15) is 0 Å². The van der Waals surface area contributed by atoms with Gasteiger partial charge >= 0.3 is 0 Å². The SMILES string of the molecule is Cc1ccc(Cn2cnc(CCN)c2)cc1. The first-order chi connectivity index (χ1) is 7.78. The van der Waals surface area contributed by atoms with E-state index in [-0.39, 0.29) is 0 Å². The van der Waals surface area contributed by atoms with E-state index in [9.17, 15) is 0 Å². The van der Waals surface area contributed by atoms with Crippen molar-refractivity contribution < 1.29 is 0 Å². The molecule has 1 aromatic heterocycles. The van der Waals surface area contributed by atoms with E-state index in [4.69, 9.17) is 5.73 Å². The fourth-order valence-corrected chi connectivity index (χ4v) is 1.67. The van der Waals surface area contributed by atoms with Crippen LogP contribution in [0.15, 0.2) is 36.8 Å². The summed E-state index contributed by atoms with van der Waals surface area (Å²) in [5.74, 6) is 0. The minimum Gasteiger partial charge on any atom is -0.333 e. The molecule has 2 aromatic rings. The summed E-state index contributed by atoms with van der Waals surface area (Å²) < 4.78 is 2.09. The Kier molecular flexibility index (Phi) is 3.37. The van der Waals surface area contributed by atoms with E-state index in [0.717, 1.165) is 18.7 Å². The summed E-state index contributed by atoms with van der Waals surface area (Å²) >= 11 is 0. The molecular formula is C13H17N3. The number of nitrogens with zero attached hydrogens (tertiary/aromatic N) is 2. The van der Waals surface area contributed by atoms with Crippen LogP contribution in [-0.4, -0.2) is 16.1 Å². The van der Waals surface area contributed by atoms with Crippen LogP contribution in [0.25, 0.3) is 0 Å². The lowest BCUT2D eigenvalue weighted by molar-refractivity contribution is 0.795. The molecule has 3 heteroatoms. The van der Waals surface area contributed by atoms with Gasteiger partial charge in [-0.1, -0.05) is 29.8 Å². The average molecular weight is 215 g/mol. The van der Waals surface area contributed by atoms with E-state index >= 15 is 0 Å². The predicted molar refractivity (Wildman–Crippen MR) is 65.3 cm³/mol. The van der Waals surface area contributed by atoms with E-state index in [1.54, 1.807) is 0 Å². The van der Waals surface area contributed by atoms with E-state index < -0.39 is 0 Å². The van der Waals surface area contributed by atoms with Crippen LogP contribution in [0.4, 0.5) is 0 Å². The number of imidazole rings is 1. The van der Waals surface area contributed by atoms with Crippen molar-refractivity contribution in [1.82, 2.24) is 9.55 Å². The quantitative estimate of drug-likeness (QED) is 0.844. The number of nitrogens with two attached hydrogens (primary N) is 1. The Morgan fingerprint density at radius 2 is 2.00 bits per heavy atom. The van der Waals surface area contributed by atoms with Gasteiger partial charge in [-0.2, -0.15) is 0 Å². The van der Waals surface area contributed by atoms with E-state index in [1.165, 1.54) is 11.1 Å². The normalized spacial score (nSPS) is 10.6. The predicted octanol–water partition coefficient (Wildman–Crippen LogP) is 1.74. The van der Waals surface area contributed by atoms with Crippen LogP contribution < -0.4 is 5.73 Å². The van der Waals surface area contributed by atoms with Crippen molar-refractivity contribution in [2.24, 2.45) is 5.73 Å². The summed E-state index contributed by atoms with van der Waals surface area (Å²) in [5, 5.41) is 0. The van der Waals surface area contributed by atoms with E-state index in [2.05, 4.69) is 46.9 Å². The summed E-state index contributed by atoms with van der Waals surface area (Å²) in [4.78, 5) is 4.30. The molecule has 16 heavy (non-hydrogen) atoms. The Morgan fingerprint density at radius 3 is 2.69 bits per heavy atom. The fourth-order valence-electron chi connectivity index (χ4n) is 1.67. The topological polar surface area (TPSA) is 43.8 Å². The molecule has 0 spiro atoms. The highest BCUT2D eigenvalue weighted by Gasteiger charge is 1.98. The molecule has 2 rings (SSSR count). The molecule has 0 saturated carbocycles. The number of hydrogen-bond acceptors (Lipinski definition) is 2. The number of rotatable bonds is 4. The molecule has 3 nitrogen and oxygen atoms in total. The number of aryl methyl sites for hydroxylation is 1. The summed E-state index contributed by atoms with van der Waals surface area (Å²) in [5.41, 5.74) is 9.14. The molecule has 1 aromatic carbocycles. The lowest BCUT2D eigenvalue weighted by Crippen LogP contribution is -2.02. The van der Waals surface area contributed by atoms with Crippen LogP contribution in [0, 0.1) is 6.92 Å². The van der Waals surface area contributed by atoms with Gasteiger partial charge in [0.15, 0.2) is 0 Å². The monoisotopic (exact) mass is 215 g/mol. The second-order valence-corrected chi connectivity index (χ2v) is 4.06. The van der Waals surface area contributed by atoms with Crippen LogP contribution in [0.5, 0.6) is 0 Å². The molecule has 0 aliphatic heterocycles. The smallest absolute Gasteiger partial charge is 0.0952 e. The first-order valence-corrected chi connectivity index (χ1v) is 5.54. The summed E-state index contributed by atoms with van der Waals surface area (Å²) in [7, 11) is 0. The molecule has 0 radical (unpaired) electrons. The lowest BCUT2D eigenvalue weighted by atomic mass is 10.1. The molecule has 0 bridgehead atoms. The third-order valence-electron chi connectivity index (χ3n) is 2.57. The van der Waals surface area contributed by atoms with Crippen molar-refractivity contribution in [3.8, 4) is 0 Å². The van der Waals surface area contributed by atoms with Gasteiger partial charge in [-0.3, -0.25) is 0 Å². The highest BCUT2D eigenvalue weighted by atomic mass is 15.0. The van der Waals surface area contributed by atoms with E-state index in [0.29, 0.717) is 6.54 Å². The summed E-state index contributed by atoms with van der Waals surface area (Å²) in [6, 6.07) is 8.57. The molecule has 2 N–H and O–H groups in total. The zero-order valence-corrected chi connectivity index (χ0v) is 9.56. The highest BCUT2D eigenvalue weighted by molar-refractivity contribution is 5.21. The molecule has 0 saturated heterocycles. The Balaban J connectivity index is 2.05. The van der Waals surface area contributed by atoms with Crippen LogP contribution in [0.2, 0.25) is 0 Å². The zero-order valence-electron chi connectivity index (χ0n) is 9.56. The molecule has 0 fully saturated rings. The Labute approximate surface area is 95.9 Å². The lowest BCUT2D eigenvalue weighted by Gasteiger charge is -2.02. The van der Waals surface area contributed by atoms with Gasteiger partial charge in [0.25, 0.3) is 0 Å². The Bertz CT molecular complexity index is 442. The minimum absolute atomic E-state index is 0.654. The van der Waals surface area contributed by atoms with Gasteiger partial charge in [-0.15, -0.1) is 0 Å². The van der Waals surface area contributed by atoms with Crippen LogP contribution >= 0.6 is 0 Å². The van der Waals surface area contributed by atoms with Crippen molar-refractivity contribution in [1.29, 1.82) is 0 Å².